The van der Waals surface area contributed by atoms with E-state index in [0.29, 0.717) is 12.4 Å². The number of ether oxygens (including phenoxy) is 2. The van der Waals surface area contributed by atoms with Crippen molar-refractivity contribution in [3.8, 4) is 5.75 Å². The molecule has 34 heavy (non-hydrogen) atoms. The zero-order valence-corrected chi connectivity index (χ0v) is 21.2. The Labute approximate surface area is 206 Å². The topological polar surface area (TPSA) is 52.6 Å². The van der Waals surface area contributed by atoms with Crippen molar-refractivity contribution < 1.29 is 19.1 Å². The molecule has 0 unspecified atom stereocenters. The quantitative estimate of drug-likeness (QED) is 0.134. The Morgan fingerprint density at radius 1 is 0.647 bits per heavy atom. The van der Waals surface area contributed by atoms with Gasteiger partial charge >= 0.3 is 11.9 Å². The van der Waals surface area contributed by atoms with Gasteiger partial charge in [-0.05, 0) is 49.1 Å². The van der Waals surface area contributed by atoms with Gasteiger partial charge in [-0.25, -0.2) is 9.59 Å². The number of unbranched alkanes of at least 4 members (excludes halogenated alkanes) is 10. The Balaban J connectivity index is 2.01. The van der Waals surface area contributed by atoms with Crippen molar-refractivity contribution in [3.63, 3.8) is 0 Å². The summed E-state index contributed by atoms with van der Waals surface area (Å²) >= 11 is 0. The second-order valence-electron chi connectivity index (χ2n) is 9.00. The van der Waals surface area contributed by atoms with Crippen LogP contribution in [0.5, 0.6) is 5.75 Å². The zero-order chi connectivity index (χ0) is 24.4. The molecule has 2 rings (SSSR count). The van der Waals surface area contributed by atoms with Crippen molar-refractivity contribution in [2.24, 2.45) is 0 Å². The van der Waals surface area contributed by atoms with Gasteiger partial charge in [-0.15, -0.1) is 0 Å². The van der Waals surface area contributed by atoms with Crippen LogP contribution in [0.2, 0.25) is 0 Å². The van der Waals surface area contributed by atoms with E-state index in [1.54, 1.807) is 24.3 Å². The lowest BCUT2D eigenvalue weighted by Crippen LogP contribution is -2.17. The van der Waals surface area contributed by atoms with E-state index >= 15 is 0 Å². The Hall–Kier alpha value is -2.62. The second kappa shape index (κ2) is 16.9. The van der Waals surface area contributed by atoms with E-state index in [0.717, 1.165) is 37.7 Å². The van der Waals surface area contributed by atoms with Crippen LogP contribution in [-0.4, -0.2) is 18.5 Å². The summed E-state index contributed by atoms with van der Waals surface area (Å²) in [6.45, 7) is 4.79. The Morgan fingerprint density at radius 2 is 1.26 bits per heavy atom. The monoisotopic (exact) mass is 466 g/mol. The van der Waals surface area contributed by atoms with Gasteiger partial charge in [0.05, 0.1) is 17.7 Å². The predicted molar refractivity (Wildman–Crippen MR) is 139 cm³/mol. The summed E-state index contributed by atoms with van der Waals surface area (Å²) < 4.78 is 11.1. The third kappa shape index (κ3) is 10.5. The van der Waals surface area contributed by atoms with Gasteiger partial charge in [0.25, 0.3) is 0 Å². The van der Waals surface area contributed by atoms with E-state index in [-0.39, 0.29) is 11.1 Å². The van der Waals surface area contributed by atoms with Crippen LogP contribution in [0.15, 0.2) is 48.5 Å². The molecule has 0 aliphatic rings. The lowest BCUT2D eigenvalue weighted by molar-refractivity contribution is 0.0489. The fraction of sp³-hybridized carbons (Fsp3) is 0.533. The summed E-state index contributed by atoms with van der Waals surface area (Å²) in [5.74, 6) is -0.526. The summed E-state index contributed by atoms with van der Waals surface area (Å²) in [5.41, 5.74) is 1.60. The molecule has 0 bridgehead atoms. The number of para-hydroxylation sites is 1. The van der Waals surface area contributed by atoms with Gasteiger partial charge < -0.3 is 9.47 Å². The Morgan fingerprint density at radius 3 is 1.94 bits per heavy atom. The maximum atomic E-state index is 13.0. The van der Waals surface area contributed by atoms with Crippen LogP contribution >= 0.6 is 0 Å². The molecule has 0 radical (unpaired) electrons. The highest BCUT2D eigenvalue weighted by molar-refractivity contribution is 6.04. The van der Waals surface area contributed by atoms with E-state index in [9.17, 15) is 9.59 Å². The average Bonchev–Trinajstić information content (AvgIpc) is 2.86. The first-order valence-corrected chi connectivity index (χ1v) is 13.2. The van der Waals surface area contributed by atoms with Gasteiger partial charge in [0.15, 0.2) is 0 Å². The molecular formula is C30H42O4. The van der Waals surface area contributed by atoms with E-state index < -0.39 is 11.9 Å². The number of aryl methyl sites for hydroxylation is 1. The third-order valence-electron chi connectivity index (χ3n) is 6.03. The molecule has 0 N–H and O–H groups in total. The molecule has 0 spiro atoms. The first-order chi connectivity index (χ1) is 16.7. The van der Waals surface area contributed by atoms with Gasteiger partial charge in [-0.2, -0.15) is 0 Å². The van der Waals surface area contributed by atoms with Crippen molar-refractivity contribution in [1.29, 1.82) is 0 Å². The normalized spacial score (nSPS) is 10.8. The van der Waals surface area contributed by atoms with Crippen LogP contribution in [0, 0.1) is 0 Å². The van der Waals surface area contributed by atoms with Crippen LogP contribution in [0.4, 0.5) is 0 Å². The summed E-state index contributed by atoms with van der Waals surface area (Å²) in [6, 6.07) is 14.4. The molecule has 4 nitrogen and oxygen atoms in total. The third-order valence-corrected chi connectivity index (χ3v) is 6.03. The zero-order valence-electron chi connectivity index (χ0n) is 21.2. The maximum absolute atomic E-state index is 13.0. The van der Waals surface area contributed by atoms with Gasteiger partial charge in [-0.3, -0.25) is 0 Å². The number of esters is 2. The highest BCUT2D eigenvalue weighted by Crippen LogP contribution is 2.20. The Bertz CT molecular complexity index is 844. The molecule has 186 valence electrons. The lowest BCUT2D eigenvalue weighted by atomic mass is 9.99. The molecular weight excluding hydrogens is 424 g/mol. The van der Waals surface area contributed by atoms with Crippen LogP contribution in [-0.2, 0) is 11.2 Å². The number of benzene rings is 2. The van der Waals surface area contributed by atoms with Crippen LogP contribution in [0.1, 0.15) is 117 Å². The second-order valence-corrected chi connectivity index (χ2v) is 9.00. The van der Waals surface area contributed by atoms with E-state index in [1.165, 1.54) is 51.4 Å². The van der Waals surface area contributed by atoms with Crippen molar-refractivity contribution in [3.05, 3.63) is 65.2 Å². The molecule has 0 aromatic heterocycles. The minimum atomic E-state index is -0.525. The van der Waals surface area contributed by atoms with Gasteiger partial charge in [0.1, 0.15) is 5.75 Å². The molecule has 4 heteroatoms. The molecule has 0 aliphatic heterocycles. The van der Waals surface area contributed by atoms with Crippen LogP contribution in [0.3, 0.4) is 0 Å². The fourth-order valence-corrected chi connectivity index (χ4v) is 3.98. The highest BCUT2D eigenvalue weighted by atomic mass is 16.5. The first-order valence-electron chi connectivity index (χ1n) is 13.2. The van der Waals surface area contributed by atoms with Crippen molar-refractivity contribution in [2.75, 3.05) is 6.61 Å². The SMILES string of the molecule is CCCCCCCCOC(=O)c1ccc(CCCCCCCC)cc1C(=O)Oc1ccccc1. The van der Waals surface area contributed by atoms with Crippen LogP contribution in [0.25, 0.3) is 0 Å². The van der Waals surface area contributed by atoms with Gasteiger partial charge in [0, 0.05) is 0 Å². The molecule has 0 amide bonds. The lowest BCUT2D eigenvalue weighted by Gasteiger charge is -2.12. The number of hydrogen-bond acceptors (Lipinski definition) is 4. The molecule has 0 saturated carbocycles. The molecule has 2 aromatic carbocycles. The standard InChI is InChI=1S/C30H42O4/c1-3-5-7-9-11-14-18-25-21-22-27(29(31)33-23-17-12-10-8-6-4-2)28(24-25)30(32)34-26-19-15-13-16-20-26/h13,15-16,19-22,24H,3-12,14,17-18,23H2,1-2H3. The van der Waals surface area contributed by atoms with E-state index in [2.05, 4.69) is 13.8 Å². The largest absolute Gasteiger partial charge is 0.462 e. The minimum Gasteiger partial charge on any atom is -0.462 e. The summed E-state index contributed by atoms with van der Waals surface area (Å²) in [5, 5.41) is 0. The summed E-state index contributed by atoms with van der Waals surface area (Å²) in [4.78, 5) is 25.8. The molecule has 0 aliphatic carbocycles. The molecule has 0 heterocycles. The number of rotatable bonds is 17. The predicted octanol–water partition coefficient (Wildman–Crippen LogP) is 8.33. The van der Waals surface area contributed by atoms with Crippen molar-refractivity contribution >= 4 is 11.9 Å². The molecule has 2 aromatic rings. The van der Waals surface area contributed by atoms with Gasteiger partial charge in [0.2, 0.25) is 0 Å². The Kier molecular flexibility index (Phi) is 13.7. The first kappa shape index (κ1) is 27.6. The van der Waals surface area contributed by atoms with Crippen LogP contribution < -0.4 is 4.74 Å². The number of carbonyl (C=O) groups is 2. The maximum Gasteiger partial charge on any atom is 0.344 e. The summed E-state index contributed by atoms with van der Waals surface area (Å²) in [7, 11) is 0. The van der Waals surface area contributed by atoms with E-state index in [4.69, 9.17) is 9.47 Å². The van der Waals surface area contributed by atoms with Crippen molar-refractivity contribution in [2.45, 2.75) is 97.3 Å². The van der Waals surface area contributed by atoms with Crippen molar-refractivity contribution in [1.82, 2.24) is 0 Å². The average molecular weight is 467 g/mol. The molecule has 0 fully saturated rings. The van der Waals surface area contributed by atoms with E-state index in [1.807, 2.05) is 24.3 Å². The summed E-state index contributed by atoms with van der Waals surface area (Å²) in [6.07, 6.45) is 14.9. The number of hydrogen-bond donors (Lipinski definition) is 0. The molecule has 0 atom stereocenters. The number of carbonyl (C=O) groups excluding carboxylic acids is 2. The minimum absolute atomic E-state index is 0.276. The fourth-order valence-electron chi connectivity index (χ4n) is 3.98. The smallest absolute Gasteiger partial charge is 0.344 e. The molecule has 0 saturated heterocycles. The highest BCUT2D eigenvalue weighted by Gasteiger charge is 2.21. The van der Waals surface area contributed by atoms with Gasteiger partial charge in [-0.1, -0.05) is 102 Å².